The quantitative estimate of drug-likeness (QED) is 0.452. The minimum absolute atomic E-state index is 0.234. The Balaban J connectivity index is 1.42. The van der Waals surface area contributed by atoms with Crippen molar-refractivity contribution in [3.8, 4) is 0 Å². The maximum absolute atomic E-state index is 6.40. The van der Waals surface area contributed by atoms with E-state index in [1.165, 1.54) is 16.6 Å². The van der Waals surface area contributed by atoms with Gasteiger partial charge in [-0.2, -0.15) is 0 Å². The molecule has 0 unspecified atom stereocenters. The molecule has 3 heterocycles. The molecule has 0 spiro atoms. The number of aryl methyl sites for hydroxylation is 1. The molecule has 4 rings (SSSR count). The van der Waals surface area contributed by atoms with Crippen LogP contribution < -0.4 is 9.80 Å². The number of para-hydroxylation sites is 1. The predicted molar refractivity (Wildman–Crippen MR) is 138 cm³/mol. The van der Waals surface area contributed by atoms with Crippen LogP contribution in [0.4, 0.5) is 11.5 Å². The Kier molecular flexibility index (Phi) is 6.36. The average molecular weight is 451 g/mol. The van der Waals surface area contributed by atoms with Crippen LogP contribution in [-0.4, -0.2) is 50.7 Å². The van der Waals surface area contributed by atoms with E-state index < -0.39 is 8.32 Å². The molecule has 0 bridgehead atoms. The van der Waals surface area contributed by atoms with Crippen molar-refractivity contribution in [2.24, 2.45) is 0 Å². The Morgan fingerprint density at radius 2 is 1.62 bits per heavy atom. The van der Waals surface area contributed by atoms with Crippen molar-refractivity contribution in [3.63, 3.8) is 0 Å². The van der Waals surface area contributed by atoms with Crippen LogP contribution in [0.3, 0.4) is 0 Å². The number of hydrogen-bond acceptors (Lipinski definition) is 4. The SMILES string of the molecule is Cc1ccccc1N1CCN(c2ccc3ccn(CCO[Si](C)(C)C(C)(C)C)c3n2)CC1. The fourth-order valence-electron chi connectivity index (χ4n) is 4.12. The second-order valence-electron chi connectivity index (χ2n) is 10.5. The summed E-state index contributed by atoms with van der Waals surface area (Å²) in [6.07, 6.45) is 2.15. The largest absolute Gasteiger partial charge is 0.415 e. The highest BCUT2D eigenvalue weighted by atomic mass is 28.4. The number of pyridine rings is 1. The summed E-state index contributed by atoms with van der Waals surface area (Å²) < 4.78 is 8.65. The maximum atomic E-state index is 6.40. The molecular formula is C26H38N4OSi. The molecule has 1 aliphatic rings. The van der Waals surface area contributed by atoms with Crippen molar-refractivity contribution in [1.82, 2.24) is 9.55 Å². The third-order valence-electron chi connectivity index (χ3n) is 7.26. The van der Waals surface area contributed by atoms with Crippen LogP contribution in [-0.2, 0) is 11.0 Å². The molecule has 0 radical (unpaired) electrons. The van der Waals surface area contributed by atoms with Crippen molar-refractivity contribution >= 4 is 30.9 Å². The zero-order valence-corrected chi connectivity index (χ0v) is 21.6. The van der Waals surface area contributed by atoms with E-state index in [1.54, 1.807) is 0 Å². The molecule has 0 atom stereocenters. The molecule has 1 saturated heterocycles. The zero-order valence-electron chi connectivity index (χ0n) is 20.6. The van der Waals surface area contributed by atoms with Gasteiger partial charge >= 0.3 is 0 Å². The minimum Gasteiger partial charge on any atom is -0.415 e. The van der Waals surface area contributed by atoms with E-state index in [0.29, 0.717) is 0 Å². The lowest BCUT2D eigenvalue weighted by Gasteiger charge is -2.37. The van der Waals surface area contributed by atoms with Gasteiger partial charge in [0.1, 0.15) is 11.5 Å². The van der Waals surface area contributed by atoms with Crippen LogP contribution in [0.5, 0.6) is 0 Å². The first-order chi connectivity index (χ1) is 15.2. The first kappa shape index (κ1) is 22.9. The lowest BCUT2D eigenvalue weighted by Crippen LogP contribution is -2.47. The summed E-state index contributed by atoms with van der Waals surface area (Å²) in [6.45, 7) is 19.3. The summed E-state index contributed by atoms with van der Waals surface area (Å²) in [4.78, 5) is 9.97. The standard InChI is InChI=1S/C26H38N4OSi/c1-21-9-7-8-10-23(21)28-15-17-29(18-16-28)24-12-11-22-13-14-30(25(22)27-24)19-20-31-32(5,6)26(2,3)4/h7-14H,15-20H2,1-6H3. The Hall–Kier alpha value is -2.31. The molecule has 1 fully saturated rings. The molecule has 3 aromatic rings. The van der Waals surface area contributed by atoms with Crippen molar-refractivity contribution in [1.29, 1.82) is 0 Å². The lowest BCUT2D eigenvalue weighted by molar-refractivity contribution is 0.273. The molecule has 5 nitrogen and oxygen atoms in total. The van der Waals surface area contributed by atoms with Gasteiger partial charge in [-0.25, -0.2) is 4.98 Å². The second-order valence-corrected chi connectivity index (χ2v) is 15.3. The van der Waals surface area contributed by atoms with Gasteiger partial charge in [0, 0.05) is 50.0 Å². The van der Waals surface area contributed by atoms with Crippen LogP contribution in [0, 0.1) is 6.92 Å². The highest BCUT2D eigenvalue weighted by Crippen LogP contribution is 2.36. The molecule has 1 aromatic carbocycles. The number of hydrogen-bond donors (Lipinski definition) is 0. The minimum atomic E-state index is -1.73. The highest BCUT2D eigenvalue weighted by Gasteiger charge is 2.36. The first-order valence-corrected chi connectivity index (χ1v) is 14.7. The van der Waals surface area contributed by atoms with Crippen LogP contribution in [0.2, 0.25) is 18.1 Å². The monoisotopic (exact) mass is 450 g/mol. The number of aromatic nitrogens is 2. The molecule has 0 saturated carbocycles. The molecule has 1 aliphatic heterocycles. The van der Waals surface area contributed by atoms with E-state index in [-0.39, 0.29) is 5.04 Å². The van der Waals surface area contributed by atoms with E-state index in [4.69, 9.17) is 9.41 Å². The second kappa shape index (κ2) is 8.91. The molecule has 6 heteroatoms. The van der Waals surface area contributed by atoms with E-state index in [2.05, 4.69) is 104 Å². The molecule has 0 amide bonds. The topological polar surface area (TPSA) is 33.5 Å². The van der Waals surface area contributed by atoms with E-state index in [0.717, 1.165) is 50.8 Å². The fourth-order valence-corrected chi connectivity index (χ4v) is 5.15. The van der Waals surface area contributed by atoms with Gasteiger partial charge < -0.3 is 18.8 Å². The van der Waals surface area contributed by atoms with Gasteiger partial charge in [-0.1, -0.05) is 39.0 Å². The Morgan fingerprint density at radius 1 is 0.938 bits per heavy atom. The van der Waals surface area contributed by atoms with Crippen molar-refractivity contribution in [3.05, 3.63) is 54.2 Å². The molecule has 0 N–H and O–H groups in total. The molecule has 0 aliphatic carbocycles. The number of nitrogens with zero attached hydrogens (tertiary/aromatic N) is 4. The van der Waals surface area contributed by atoms with Crippen molar-refractivity contribution < 1.29 is 4.43 Å². The highest BCUT2D eigenvalue weighted by molar-refractivity contribution is 6.74. The third-order valence-corrected chi connectivity index (χ3v) is 11.8. The Labute approximate surface area is 194 Å². The summed E-state index contributed by atoms with van der Waals surface area (Å²) in [5, 5.41) is 1.43. The van der Waals surface area contributed by atoms with Crippen molar-refractivity contribution in [2.75, 3.05) is 42.6 Å². The summed E-state index contributed by atoms with van der Waals surface area (Å²) in [5.41, 5.74) is 3.76. The summed E-state index contributed by atoms with van der Waals surface area (Å²) in [6, 6.07) is 15.2. The lowest BCUT2D eigenvalue weighted by atomic mass is 10.1. The maximum Gasteiger partial charge on any atom is 0.192 e. The summed E-state index contributed by atoms with van der Waals surface area (Å²) >= 11 is 0. The number of benzene rings is 1. The van der Waals surface area contributed by atoms with Crippen LogP contribution in [0.1, 0.15) is 26.3 Å². The van der Waals surface area contributed by atoms with Gasteiger partial charge in [-0.15, -0.1) is 0 Å². The Morgan fingerprint density at radius 3 is 2.31 bits per heavy atom. The van der Waals surface area contributed by atoms with Gasteiger partial charge in [0.15, 0.2) is 8.32 Å². The van der Waals surface area contributed by atoms with E-state index >= 15 is 0 Å². The fraction of sp³-hybridized carbons (Fsp3) is 0.500. The van der Waals surface area contributed by atoms with Crippen molar-refractivity contribution in [2.45, 2.75) is 52.4 Å². The Bertz CT molecular complexity index is 1060. The predicted octanol–water partition coefficient (Wildman–Crippen LogP) is 5.69. The van der Waals surface area contributed by atoms with Crippen LogP contribution in [0.15, 0.2) is 48.7 Å². The van der Waals surface area contributed by atoms with Crippen LogP contribution >= 0.6 is 0 Å². The van der Waals surface area contributed by atoms with Gasteiger partial charge in [-0.3, -0.25) is 0 Å². The molecule has 172 valence electrons. The molecule has 32 heavy (non-hydrogen) atoms. The number of piperazine rings is 1. The van der Waals surface area contributed by atoms with Crippen LogP contribution in [0.25, 0.3) is 11.0 Å². The third kappa shape index (κ3) is 4.71. The first-order valence-electron chi connectivity index (χ1n) is 11.8. The van der Waals surface area contributed by atoms with Gasteiger partial charge in [-0.05, 0) is 54.9 Å². The van der Waals surface area contributed by atoms with E-state index in [1.807, 2.05) is 0 Å². The van der Waals surface area contributed by atoms with Gasteiger partial charge in [0.05, 0.1) is 6.61 Å². The molecular weight excluding hydrogens is 412 g/mol. The van der Waals surface area contributed by atoms with Gasteiger partial charge in [0.25, 0.3) is 0 Å². The number of rotatable bonds is 6. The normalized spacial score (nSPS) is 15.6. The van der Waals surface area contributed by atoms with E-state index in [9.17, 15) is 0 Å². The number of anilines is 2. The smallest absolute Gasteiger partial charge is 0.192 e. The van der Waals surface area contributed by atoms with Gasteiger partial charge in [0.2, 0.25) is 0 Å². The number of fused-ring (bicyclic) bond motifs is 1. The molecule has 2 aromatic heterocycles. The average Bonchev–Trinajstić information content (AvgIpc) is 3.16. The zero-order chi connectivity index (χ0) is 22.9. The summed E-state index contributed by atoms with van der Waals surface area (Å²) in [7, 11) is -1.73. The summed E-state index contributed by atoms with van der Waals surface area (Å²) in [5.74, 6) is 1.08.